The standard InChI is InChI=1S/C15H21Cl2N3S/c1-10(2)20-7-5-12(6-8-20)18-15(21)19-14-4-3-11(16)9-13(14)17/h3-4,9-10,12H,5-8H2,1-2H3,(H2,18,19,21). The van der Waals surface area contributed by atoms with Crippen molar-refractivity contribution in [2.24, 2.45) is 0 Å². The number of rotatable bonds is 3. The fourth-order valence-electron chi connectivity index (χ4n) is 2.49. The largest absolute Gasteiger partial charge is 0.360 e. The Labute approximate surface area is 142 Å². The number of anilines is 1. The highest BCUT2D eigenvalue weighted by atomic mass is 35.5. The lowest BCUT2D eigenvalue weighted by Gasteiger charge is -2.35. The molecule has 1 saturated heterocycles. The molecular weight excluding hydrogens is 325 g/mol. The van der Waals surface area contributed by atoms with Gasteiger partial charge in [0.1, 0.15) is 0 Å². The van der Waals surface area contributed by atoms with Crippen molar-refractivity contribution in [1.82, 2.24) is 10.2 Å². The summed E-state index contributed by atoms with van der Waals surface area (Å²) in [6.45, 7) is 6.70. The van der Waals surface area contributed by atoms with Crippen molar-refractivity contribution < 1.29 is 0 Å². The third-order valence-electron chi connectivity index (χ3n) is 3.77. The van der Waals surface area contributed by atoms with E-state index in [-0.39, 0.29) is 0 Å². The van der Waals surface area contributed by atoms with Crippen molar-refractivity contribution in [3.05, 3.63) is 28.2 Å². The maximum atomic E-state index is 6.13. The number of nitrogens with zero attached hydrogens (tertiary/aromatic N) is 1. The van der Waals surface area contributed by atoms with E-state index in [1.807, 2.05) is 6.07 Å². The molecule has 1 heterocycles. The zero-order chi connectivity index (χ0) is 15.4. The van der Waals surface area contributed by atoms with Gasteiger partial charge in [-0.05, 0) is 57.1 Å². The van der Waals surface area contributed by atoms with Gasteiger partial charge in [-0.25, -0.2) is 0 Å². The first-order valence-electron chi connectivity index (χ1n) is 7.22. The van der Waals surface area contributed by atoms with E-state index in [4.69, 9.17) is 35.4 Å². The summed E-state index contributed by atoms with van der Waals surface area (Å²) in [6.07, 6.45) is 2.21. The number of likely N-dealkylation sites (tertiary alicyclic amines) is 1. The van der Waals surface area contributed by atoms with Crippen LogP contribution in [0.4, 0.5) is 5.69 Å². The SMILES string of the molecule is CC(C)N1CCC(NC(=S)Nc2ccc(Cl)cc2Cl)CC1. The first kappa shape index (κ1) is 16.8. The average molecular weight is 346 g/mol. The quantitative estimate of drug-likeness (QED) is 0.804. The summed E-state index contributed by atoms with van der Waals surface area (Å²) >= 11 is 17.4. The number of piperidine rings is 1. The lowest BCUT2D eigenvalue weighted by Crippen LogP contribution is -2.47. The van der Waals surface area contributed by atoms with Crippen LogP contribution in [0.5, 0.6) is 0 Å². The van der Waals surface area contributed by atoms with Crippen LogP contribution in [0.25, 0.3) is 0 Å². The van der Waals surface area contributed by atoms with Gasteiger partial charge >= 0.3 is 0 Å². The van der Waals surface area contributed by atoms with Crippen LogP contribution in [0.3, 0.4) is 0 Å². The number of hydrogen-bond donors (Lipinski definition) is 2. The Morgan fingerprint density at radius 3 is 2.52 bits per heavy atom. The minimum absolute atomic E-state index is 0.422. The highest BCUT2D eigenvalue weighted by Gasteiger charge is 2.21. The maximum Gasteiger partial charge on any atom is 0.171 e. The Morgan fingerprint density at radius 2 is 1.95 bits per heavy atom. The molecule has 1 fully saturated rings. The molecule has 0 aromatic heterocycles. The van der Waals surface area contributed by atoms with Crippen LogP contribution in [0.1, 0.15) is 26.7 Å². The van der Waals surface area contributed by atoms with E-state index >= 15 is 0 Å². The minimum Gasteiger partial charge on any atom is -0.360 e. The van der Waals surface area contributed by atoms with Crippen molar-refractivity contribution >= 4 is 46.2 Å². The molecule has 0 saturated carbocycles. The number of benzene rings is 1. The molecule has 6 heteroatoms. The Bertz CT molecular complexity index is 500. The molecule has 2 N–H and O–H groups in total. The van der Waals surface area contributed by atoms with Gasteiger partial charge in [-0.3, -0.25) is 0 Å². The highest BCUT2D eigenvalue weighted by molar-refractivity contribution is 7.80. The van der Waals surface area contributed by atoms with E-state index in [0.717, 1.165) is 31.6 Å². The summed E-state index contributed by atoms with van der Waals surface area (Å²) in [5.41, 5.74) is 0.776. The predicted octanol–water partition coefficient (Wildman–Crippen LogP) is 4.15. The third kappa shape index (κ3) is 4.99. The summed E-state index contributed by atoms with van der Waals surface area (Å²) in [4.78, 5) is 2.49. The van der Waals surface area contributed by atoms with Gasteiger partial charge in [-0.15, -0.1) is 0 Å². The average Bonchev–Trinajstić information content (AvgIpc) is 2.42. The molecule has 21 heavy (non-hydrogen) atoms. The topological polar surface area (TPSA) is 27.3 Å². The van der Waals surface area contributed by atoms with Gasteiger partial charge in [-0.2, -0.15) is 0 Å². The molecule has 2 rings (SSSR count). The van der Waals surface area contributed by atoms with Crippen LogP contribution in [0, 0.1) is 0 Å². The van der Waals surface area contributed by atoms with E-state index in [1.54, 1.807) is 12.1 Å². The first-order valence-corrected chi connectivity index (χ1v) is 8.38. The van der Waals surface area contributed by atoms with Crippen LogP contribution < -0.4 is 10.6 Å². The van der Waals surface area contributed by atoms with E-state index in [2.05, 4.69) is 29.4 Å². The highest BCUT2D eigenvalue weighted by Crippen LogP contribution is 2.25. The van der Waals surface area contributed by atoms with Gasteiger partial charge in [0.15, 0.2) is 5.11 Å². The van der Waals surface area contributed by atoms with Crippen molar-refractivity contribution in [2.45, 2.75) is 38.8 Å². The Morgan fingerprint density at radius 1 is 1.29 bits per heavy atom. The maximum absolute atomic E-state index is 6.13. The fourth-order valence-corrected chi connectivity index (χ4v) is 3.23. The Kier molecular flexibility index (Phi) is 6.11. The lowest BCUT2D eigenvalue weighted by atomic mass is 10.0. The van der Waals surface area contributed by atoms with Crippen molar-refractivity contribution in [3.8, 4) is 0 Å². The zero-order valence-electron chi connectivity index (χ0n) is 12.3. The van der Waals surface area contributed by atoms with Gasteiger partial charge in [0.25, 0.3) is 0 Å². The predicted molar refractivity (Wildman–Crippen MR) is 95.5 cm³/mol. The molecule has 1 aromatic rings. The van der Waals surface area contributed by atoms with E-state index < -0.39 is 0 Å². The molecule has 0 aliphatic carbocycles. The number of thiocarbonyl (C=S) groups is 1. The van der Waals surface area contributed by atoms with Crippen LogP contribution in [-0.4, -0.2) is 35.2 Å². The molecule has 116 valence electrons. The molecule has 0 unspecified atom stereocenters. The third-order valence-corrected chi connectivity index (χ3v) is 4.54. The van der Waals surface area contributed by atoms with E-state index in [0.29, 0.717) is 27.2 Å². The van der Waals surface area contributed by atoms with Gasteiger partial charge in [0, 0.05) is 30.2 Å². The second-order valence-corrected chi connectivity index (χ2v) is 6.88. The lowest BCUT2D eigenvalue weighted by molar-refractivity contribution is 0.168. The summed E-state index contributed by atoms with van der Waals surface area (Å²) in [5.74, 6) is 0. The van der Waals surface area contributed by atoms with Crippen LogP contribution >= 0.6 is 35.4 Å². The summed E-state index contributed by atoms with van der Waals surface area (Å²) < 4.78 is 0. The van der Waals surface area contributed by atoms with Crippen LogP contribution in [0.15, 0.2) is 18.2 Å². The Hall–Kier alpha value is -0.550. The van der Waals surface area contributed by atoms with E-state index in [1.165, 1.54) is 0 Å². The van der Waals surface area contributed by atoms with Gasteiger partial charge in [0.05, 0.1) is 10.7 Å². The van der Waals surface area contributed by atoms with Gasteiger partial charge in [-0.1, -0.05) is 23.2 Å². The minimum atomic E-state index is 0.422. The molecule has 0 amide bonds. The van der Waals surface area contributed by atoms with Crippen molar-refractivity contribution in [1.29, 1.82) is 0 Å². The second kappa shape index (κ2) is 7.63. The van der Waals surface area contributed by atoms with E-state index in [9.17, 15) is 0 Å². The Balaban J connectivity index is 1.83. The van der Waals surface area contributed by atoms with Crippen molar-refractivity contribution in [2.75, 3.05) is 18.4 Å². The van der Waals surface area contributed by atoms with Gasteiger partial charge < -0.3 is 15.5 Å². The first-order chi connectivity index (χ1) is 9.95. The molecule has 1 aliphatic heterocycles. The summed E-state index contributed by atoms with van der Waals surface area (Å²) in [6, 6.07) is 6.37. The normalized spacial score (nSPS) is 17.0. The molecule has 0 radical (unpaired) electrons. The molecule has 0 atom stereocenters. The smallest absolute Gasteiger partial charge is 0.171 e. The molecule has 3 nitrogen and oxygen atoms in total. The molecule has 0 spiro atoms. The fraction of sp³-hybridized carbons (Fsp3) is 0.533. The second-order valence-electron chi connectivity index (χ2n) is 5.63. The van der Waals surface area contributed by atoms with Gasteiger partial charge in [0.2, 0.25) is 0 Å². The molecule has 1 aliphatic rings. The van der Waals surface area contributed by atoms with Crippen LogP contribution in [0.2, 0.25) is 10.0 Å². The summed E-state index contributed by atoms with van der Waals surface area (Å²) in [7, 11) is 0. The monoisotopic (exact) mass is 345 g/mol. The van der Waals surface area contributed by atoms with Crippen molar-refractivity contribution in [3.63, 3.8) is 0 Å². The number of hydrogen-bond acceptors (Lipinski definition) is 2. The molecule has 1 aromatic carbocycles. The number of halogens is 2. The zero-order valence-corrected chi connectivity index (χ0v) is 14.7. The molecular formula is C15H21Cl2N3S. The van der Waals surface area contributed by atoms with Crippen LogP contribution in [-0.2, 0) is 0 Å². The number of nitrogens with one attached hydrogen (secondary N) is 2. The molecule has 0 bridgehead atoms. The summed E-state index contributed by atoms with van der Waals surface area (Å²) in [5, 5.41) is 8.31.